The molecule has 0 bridgehead atoms. The summed E-state index contributed by atoms with van der Waals surface area (Å²) in [6.07, 6.45) is 2.20. The Morgan fingerprint density at radius 3 is 2.28 bits per heavy atom. The number of hydrogen-bond donors (Lipinski definition) is 0. The summed E-state index contributed by atoms with van der Waals surface area (Å²) in [4.78, 5) is 2.66. The molecular formula is C16H17BrS. The first-order chi connectivity index (χ1) is 8.72. The largest absolute Gasteiger partial charge is 0.0898 e. The predicted octanol–water partition coefficient (Wildman–Crippen LogP) is 5.73. The molecule has 0 amide bonds. The van der Waals surface area contributed by atoms with E-state index in [1.54, 1.807) is 0 Å². The third-order valence-electron chi connectivity index (χ3n) is 2.96. The van der Waals surface area contributed by atoms with Crippen molar-refractivity contribution in [3.63, 3.8) is 0 Å². The lowest BCUT2D eigenvalue weighted by Crippen LogP contribution is -1.89. The second kappa shape index (κ2) is 6.44. The molecule has 0 unspecified atom stereocenters. The van der Waals surface area contributed by atoms with Gasteiger partial charge in [0.25, 0.3) is 0 Å². The fourth-order valence-electron chi connectivity index (χ4n) is 1.86. The van der Waals surface area contributed by atoms with Crippen molar-refractivity contribution < 1.29 is 0 Å². The van der Waals surface area contributed by atoms with Crippen molar-refractivity contribution in [3.05, 3.63) is 58.1 Å². The minimum absolute atomic E-state index is 1.09. The molecule has 0 nitrogen and oxygen atoms in total. The van der Waals surface area contributed by atoms with E-state index < -0.39 is 0 Å². The van der Waals surface area contributed by atoms with E-state index in [-0.39, 0.29) is 0 Å². The second-order valence-electron chi connectivity index (χ2n) is 4.21. The summed E-state index contributed by atoms with van der Waals surface area (Å²) in [5.74, 6) is 0. The molecule has 0 radical (unpaired) electrons. The maximum absolute atomic E-state index is 3.47. The van der Waals surface area contributed by atoms with Gasteiger partial charge in [-0.05, 0) is 54.3 Å². The first-order valence-electron chi connectivity index (χ1n) is 6.28. The van der Waals surface area contributed by atoms with Gasteiger partial charge < -0.3 is 0 Å². The van der Waals surface area contributed by atoms with E-state index in [2.05, 4.69) is 72.2 Å². The lowest BCUT2D eigenvalue weighted by Gasteiger charge is -2.09. The standard InChI is InChI=1S/C16H17BrS/c1-3-12-5-10-16(13(4-2)11-12)18-15-8-6-14(17)7-9-15/h5-11H,3-4H2,1-2H3. The molecule has 0 saturated heterocycles. The van der Waals surface area contributed by atoms with Crippen LogP contribution >= 0.6 is 27.7 Å². The van der Waals surface area contributed by atoms with Crippen molar-refractivity contribution in [3.8, 4) is 0 Å². The van der Waals surface area contributed by atoms with E-state index in [4.69, 9.17) is 0 Å². The van der Waals surface area contributed by atoms with Crippen molar-refractivity contribution in [2.45, 2.75) is 36.5 Å². The molecule has 18 heavy (non-hydrogen) atoms. The van der Waals surface area contributed by atoms with Crippen LogP contribution in [0.4, 0.5) is 0 Å². The third kappa shape index (κ3) is 3.39. The Morgan fingerprint density at radius 1 is 0.944 bits per heavy atom. The van der Waals surface area contributed by atoms with Crippen LogP contribution in [-0.2, 0) is 12.8 Å². The van der Waals surface area contributed by atoms with E-state index in [9.17, 15) is 0 Å². The van der Waals surface area contributed by atoms with Crippen LogP contribution in [0.2, 0.25) is 0 Å². The van der Waals surface area contributed by atoms with E-state index >= 15 is 0 Å². The Kier molecular flexibility index (Phi) is 4.90. The van der Waals surface area contributed by atoms with Gasteiger partial charge in [-0.2, -0.15) is 0 Å². The quantitative estimate of drug-likeness (QED) is 0.693. The number of hydrogen-bond acceptors (Lipinski definition) is 1. The Hall–Kier alpha value is -0.730. The molecule has 0 atom stereocenters. The van der Waals surface area contributed by atoms with Gasteiger partial charge in [0.05, 0.1) is 0 Å². The van der Waals surface area contributed by atoms with Crippen LogP contribution in [0, 0.1) is 0 Å². The summed E-state index contributed by atoms with van der Waals surface area (Å²) >= 11 is 5.31. The van der Waals surface area contributed by atoms with Crippen molar-refractivity contribution in [2.75, 3.05) is 0 Å². The average Bonchev–Trinajstić information content (AvgIpc) is 2.41. The van der Waals surface area contributed by atoms with Crippen LogP contribution in [0.5, 0.6) is 0 Å². The van der Waals surface area contributed by atoms with E-state index in [1.165, 1.54) is 20.9 Å². The zero-order chi connectivity index (χ0) is 13.0. The van der Waals surface area contributed by atoms with Gasteiger partial charge in [-0.15, -0.1) is 0 Å². The maximum atomic E-state index is 3.47. The van der Waals surface area contributed by atoms with Crippen LogP contribution in [0.15, 0.2) is 56.7 Å². The third-order valence-corrected chi connectivity index (χ3v) is 4.61. The highest BCUT2D eigenvalue weighted by Crippen LogP contribution is 2.32. The molecule has 0 saturated carbocycles. The van der Waals surface area contributed by atoms with E-state index in [1.807, 2.05) is 11.8 Å². The summed E-state index contributed by atoms with van der Waals surface area (Å²) in [5.41, 5.74) is 2.87. The van der Waals surface area contributed by atoms with Crippen molar-refractivity contribution in [1.29, 1.82) is 0 Å². The number of benzene rings is 2. The van der Waals surface area contributed by atoms with Gasteiger partial charge in [-0.25, -0.2) is 0 Å². The van der Waals surface area contributed by atoms with Gasteiger partial charge in [-0.3, -0.25) is 0 Å². The number of rotatable bonds is 4. The molecule has 0 aliphatic heterocycles. The first kappa shape index (κ1) is 13.7. The van der Waals surface area contributed by atoms with Crippen LogP contribution in [0.25, 0.3) is 0 Å². The van der Waals surface area contributed by atoms with Crippen molar-refractivity contribution >= 4 is 27.7 Å². The van der Waals surface area contributed by atoms with Crippen molar-refractivity contribution in [1.82, 2.24) is 0 Å². The summed E-state index contributed by atoms with van der Waals surface area (Å²) in [6, 6.07) is 15.3. The van der Waals surface area contributed by atoms with Crippen LogP contribution in [-0.4, -0.2) is 0 Å². The lowest BCUT2D eigenvalue weighted by molar-refractivity contribution is 1.04. The Bertz CT molecular complexity index is 517. The predicted molar refractivity (Wildman–Crippen MR) is 83.5 cm³/mol. The molecule has 2 aromatic carbocycles. The zero-order valence-electron chi connectivity index (χ0n) is 10.7. The molecule has 0 heterocycles. The van der Waals surface area contributed by atoms with Crippen molar-refractivity contribution in [2.24, 2.45) is 0 Å². The van der Waals surface area contributed by atoms with Crippen LogP contribution < -0.4 is 0 Å². The van der Waals surface area contributed by atoms with Gasteiger partial charge in [0.1, 0.15) is 0 Å². The van der Waals surface area contributed by atoms with Gasteiger partial charge in [0, 0.05) is 14.3 Å². The molecule has 0 aromatic heterocycles. The Morgan fingerprint density at radius 2 is 1.67 bits per heavy atom. The molecule has 94 valence electrons. The van der Waals surface area contributed by atoms with Crippen LogP contribution in [0.3, 0.4) is 0 Å². The SMILES string of the molecule is CCc1ccc(Sc2ccc(Br)cc2)c(CC)c1. The molecule has 2 rings (SSSR count). The average molecular weight is 321 g/mol. The minimum Gasteiger partial charge on any atom is -0.0898 e. The molecular weight excluding hydrogens is 304 g/mol. The van der Waals surface area contributed by atoms with Gasteiger partial charge in [-0.1, -0.05) is 53.7 Å². The Balaban J connectivity index is 2.25. The highest BCUT2D eigenvalue weighted by atomic mass is 79.9. The Labute approximate surface area is 122 Å². The molecule has 0 aliphatic rings. The van der Waals surface area contributed by atoms with Gasteiger partial charge >= 0.3 is 0 Å². The van der Waals surface area contributed by atoms with Crippen LogP contribution in [0.1, 0.15) is 25.0 Å². The fourth-order valence-corrected chi connectivity index (χ4v) is 3.12. The monoisotopic (exact) mass is 320 g/mol. The topological polar surface area (TPSA) is 0 Å². The highest BCUT2D eigenvalue weighted by Gasteiger charge is 2.04. The van der Waals surface area contributed by atoms with E-state index in [0.29, 0.717) is 0 Å². The molecule has 2 heteroatoms. The molecule has 0 spiro atoms. The molecule has 0 fully saturated rings. The first-order valence-corrected chi connectivity index (χ1v) is 7.89. The smallest absolute Gasteiger partial charge is 0.0176 e. The molecule has 2 aromatic rings. The van der Waals surface area contributed by atoms with Gasteiger partial charge in [0.2, 0.25) is 0 Å². The summed E-state index contributed by atoms with van der Waals surface area (Å²) in [6.45, 7) is 4.43. The lowest BCUT2D eigenvalue weighted by atomic mass is 10.1. The number of aryl methyl sites for hydroxylation is 2. The highest BCUT2D eigenvalue weighted by molar-refractivity contribution is 9.10. The summed E-state index contributed by atoms with van der Waals surface area (Å²) in [7, 11) is 0. The fraction of sp³-hybridized carbons (Fsp3) is 0.250. The maximum Gasteiger partial charge on any atom is 0.0176 e. The molecule has 0 N–H and O–H groups in total. The molecule has 0 aliphatic carbocycles. The summed E-state index contributed by atoms with van der Waals surface area (Å²) < 4.78 is 1.13. The summed E-state index contributed by atoms with van der Waals surface area (Å²) in [5, 5.41) is 0. The number of halogens is 1. The minimum atomic E-state index is 1.09. The van der Waals surface area contributed by atoms with Gasteiger partial charge in [0.15, 0.2) is 0 Å². The second-order valence-corrected chi connectivity index (χ2v) is 6.24. The van der Waals surface area contributed by atoms with E-state index in [0.717, 1.165) is 17.3 Å². The normalized spacial score (nSPS) is 10.6. The zero-order valence-corrected chi connectivity index (χ0v) is 13.1.